The number of carbonyl (C=O) groups excluding carboxylic acids is 1. The van der Waals surface area contributed by atoms with Gasteiger partial charge in [-0.15, -0.1) is 0 Å². The van der Waals surface area contributed by atoms with Crippen LogP contribution in [0.2, 0.25) is 0 Å². The van der Waals surface area contributed by atoms with Gasteiger partial charge in [0.2, 0.25) is 5.82 Å². The minimum absolute atomic E-state index is 0.0779. The maximum Gasteiger partial charge on any atom is 0.341 e. The highest BCUT2D eigenvalue weighted by molar-refractivity contribution is 5.90. The molecule has 0 unspecified atom stereocenters. The van der Waals surface area contributed by atoms with E-state index in [4.69, 9.17) is 4.74 Å². The van der Waals surface area contributed by atoms with Crippen LogP contribution in [0.4, 0.5) is 14.5 Å². The van der Waals surface area contributed by atoms with Gasteiger partial charge in [0.1, 0.15) is 5.82 Å². The zero-order valence-corrected chi connectivity index (χ0v) is 10.5. The van der Waals surface area contributed by atoms with Gasteiger partial charge in [-0.2, -0.15) is 4.39 Å². The van der Waals surface area contributed by atoms with Gasteiger partial charge in [0.15, 0.2) is 0 Å². The van der Waals surface area contributed by atoms with E-state index in [0.717, 1.165) is 0 Å². The summed E-state index contributed by atoms with van der Waals surface area (Å²) in [6.45, 7) is 3.91. The zero-order chi connectivity index (χ0) is 14.6. The first-order valence-corrected chi connectivity index (χ1v) is 5.63. The normalized spacial score (nSPS) is 10.6. The number of rotatable bonds is 5. The molecule has 0 aromatic heterocycles. The number of nitrogens with zero attached hydrogens (tertiary/aromatic N) is 1. The predicted octanol–water partition coefficient (Wildman–Crippen LogP) is 3.08. The van der Waals surface area contributed by atoms with Crippen molar-refractivity contribution in [2.75, 3.05) is 6.61 Å². The molecular weight excluding hydrogens is 260 g/mol. The van der Waals surface area contributed by atoms with Crippen LogP contribution >= 0.6 is 0 Å². The third-order valence-electron chi connectivity index (χ3n) is 2.38. The van der Waals surface area contributed by atoms with Crippen molar-refractivity contribution in [3.63, 3.8) is 0 Å². The predicted molar refractivity (Wildman–Crippen MR) is 62.7 cm³/mol. The van der Waals surface area contributed by atoms with Crippen molar-refractivity contribution < 1.29 is 23.2 Å². The fourth-order valence-electron chi connectivity index (χ4n) is 1.30. The highest BCUT2D eigenvalue weighted by Crippen LogP contribution is 2.22. The maximum absolute atomic E-state index is 13.5. The average molecular weight is 273 g/mol. The Labute approximate surface area is 108 Å². The number of esters is 1. The molecule has 0 saturated carbocycles. The SMILES string of the molecule is CC(C)CCOC(=O)c1cc(F)c([N+](=O)[O-])cc1F. The first kappa shape index (κ1) is 15.0. The number of halogens is 2. The summed E-state index contributed by atoms with van der Waals surface area (Å²) < 4.78 is 31.5. The van der Waals surface area contributed by atoms with Crippen LogP contribution in [0.1, 0.15) is 30.6 Å². The molecule has 0 N–H and O–H groups in total. The topological polar surface area (TPSA) is 69.4 Å². The van der Waals surface area contributed by atoms with Crippen molar-refractivity contribution in [2.24, 2.45) is 5.92 Å². The van der Waals surface area contributed by atoms with Crippen LogP contribution in [0.3, 0.4) is 0 Å². The molecule has 0 heterocycles. The third kappa shape index (κ3) is 3.97. The summed E-state index contributed by atoms with van der Waals surface area (Å²) in [4.78, 5) is 20.8. The second kappa shape index (κ2) is 6.21. The minimum atomic E-state index is -1.28. The molecule has 0 spiro atoms. The largest absolute Gasteiger partial charge is 0.462 e. The molecule has 0 aliphatic carbocycles. The van der Waals surface area contributed by atoms with Gasteiger partial charge in [-0.25, -0.2) is 9.18 Å². The number of hydrogen-bond donors (Lipinski definition) is 0. The third-order valence-corrected chi connectivity index (χ3v) is 2.38. The van der Waals surface area contributed by atoms with E-state index in [1.54, 1.807) is 0 Å². The maximum atomic E-state index is 13.5. The lowest BCUT2D eigenvalue weighted by atomic mass is 10.1. The van der Waals surface area contributed by atoms with Gasteiger partial charge in [0.05, 0.1) is 23.2 Å². The minimum Gasteiger partial charge on any atom is -0.462 e. The van der Waals surface area contributed by atoms with E-state index in [1.165, 1.54) is 0 Å². The standard InChI is InChI=1S/C12H13F2NO4/c1-7(2)3-4-19-12(16)8-5-10(14)11(15(17)18)6-9(8)13/h5-7H,3-4H2,1-2H3. The van der Waals surface area contributed by atoms with Gasteiger partial charge < -0.3 is 4.74 Å². The summed E-state index contributed by atoms with van der Waals surface area (Å²) in [6.07, 6.45) is 0.586. The summed E-state index contributed by atoms with van der Waals surface area (Å²) in [7, 11) is 0. The highest BCUT2D eigenvalue weighted by Gasteiger charge is 2.22. The van der Waals surface area contributed by atoms with E-state index in [9.17, 15) is 23.7 Å². The molecule has 7 heteroatoms. The van der Waals surface area contributed by atoms with Crippen molar-refractivity contribution in [1.29, 1.82) is 0 Å². The van der Waals surface area contributed by atoms with Crippen molar-refractivity contribution >= 4 is 11.7 Å². The Kier molecular flexibility index (Phi) is 4.91. The second-order valence-electron chi connectivity index (χ2n) is 4.36. The Morgan fingerprint density at radius 3 is 2.53 bits per heavy atom. The van der Waals surface area contributed by atoms with Crippen molar-refractivity contribution in [3.8, 4) is 0 Å². The molecule has 1 aromatic rings. The van der Waals surface area contributed by atoms with Gasteiger partial charge >= 0.3 is 11.7 Å². The molecular formula is C12H13F2NO4. The van der Waals surface area contributed by atoms with Crippen LogP contribution in [-0.2, 0) is 4.74 Å². The molecule has 0 radical (unpaired) electrons. The summed E-state index contributed by atoms with van der Waals surface area (Å²) in [5, 5.41) is 10.4. The molecule has 104 valence electrons. The van der Waals surface area contributed by atoms with Crippen molar-refractivity contribution in [1.82, 2.24) is 0 Å². The number of hydrogen-bond acceptors (Lipinski definition) is 4. The summed E-state index contributed by atoms with van der Waals surface area (Å²) in [5.74, 6) is -3.19. The molecule has 0 bridgehead atoms. The van der Waals surface area contributed by atoms with E-state index in [0.29, 0.717) is 24.5 Å². The quantitative estimate of drug-likeness (QED) is 0.469. The van der Waals surface area contributed by atoms with Gasteiger partial charge in [0, 0.05) is 0 Å². The smallest absolute Gasteiger partial charge is 0.341 e. The molecule has 1 aromatic carbocycles. The van der Waals surface area contributed by atoms with Crippen LogP contribution < -0.4 is 0 Å². The molecule has 5 nitrogen and oxygen atoms in total. The number of benzene rings is 1. The number of nitro groups is 1. The van der Waals surface area contributed by atoms with Crippen molar-refractivity contribution in [3.05, 3.63) is 39.4 Å². The summed E-state index contributed by atoms with van der Waals surface area (Å²) in [5.41, 5.74) is -1.66. The average Bonchev–Trinajstić information content (AvgIpc) is 2.30. The van der Waals surface area contributed by atoms with Gasteiger partial charge in [-0.3, -0.25) is 10.1 Å². The molecule has 0 aliphatic rings. The lowest BCUT2D eigenvalue weighted by Gasteiger charge is -2.07. The molecule has 1 rings (SSSR count). The fraction of sp³-hybridized carbons (Fsp3) is 0.417. The molecule has 0 atom stereocenters. The van der Waals surface area contributed by atoms with Crippen LogP contribution in [0.25, 0.3) is 0 Å². The van der Waals surface area contributed by atoms with Crippen molar-refractivity contribution in [2.45, 2.75) is 20.3 Å². The van der Waals surface area contributed by atoms with E-state index in [2.05, 4.69) is 0 Å². The Balaban J connectivity index is 2.86. The second-order valence-corrected chi connectivity index (χ2v) is 4.36. The lowest BCUT2D eigenvalue weighted by molar-refractivity contribution is -0.387. The monoisotopic (exact) mass is 273 g/mol. The van der Waals surface area contributed by atoms with Gasteiger partial charge in [0.25, 0.3) is 0 Å². The molecule has 0 fully saturated rings. The Morgan fingerprint density at radius 1 is 1.37 bits per heavy atom. The van der Waals surface area contributed by atoms with E-state index >= 15 is 0 Å². The van der Waals surface area contributed by atoms with Crippen LogP contribution in [0, 0.1) is 27.7 Å². The van der Waals surface area contributed by atoms with E-state index in [1.807, 2.05) is 13.8 Å². The number of ether oxygens (including phenoxy) is 1. The highest BCUT2D eigenvalue weighted by atomic mass is 19.1. The van der Waals surface area contributed by atoms with Gasteiger partial charge in [-0.05, 0) is 18.4 Å². The zero-order valence-electron chi connectivity index (χ0n) is 10.5. The lowest BCUT2D eigenvalue weighted by Crippen LogP contribution is -2.11. The van der Waals surface area contributed by atoms with Crippen LogP contribution in [0.5, 0.6) is 0 Å². The first-order chi connectivity index (χ1) is 8.82. The Bertz CT molecular complexity index is 503. The Hall–Kier alpha value is -2.05. The van der Waals surface area contributed by atoms with Crippen LogP contribution in [-0.4, -0.2) is 17.5 Å². The molecule has 19 heavy (non-hydrogen) atoms. The van der Waals surface area contributed by atoms with E-state index < -0.39 is 33.8 Å². The van der Waals surface area contributed by atoms with Gasteiger partial charge in [-0.1, -0.05) is 13.8 Å². The summed E-state index contributed by atoms with van der Waals surface area (Å²) >= 11 is 0. The number of nitro benzene ring substituents is 1. The summed E-state index contributed by atoms with van der Waals surface area (Å²) in [6, 6.07) is 0.847. The molecule has 0 amide bonds. The van der Waals surface area contributed by atoms with E-state index in [-0.39, 0.29) is 6.61 Å². The molecule has 0 aliphatic heterocycles. The first-order valence-electron chi connectivity index (χ1n) is 5.63. The number of carbonyl (C=O) groups is 1. The Morgan fingerprint density at radius 2 is 2.00 bits per heavy atom. The molecule has 0 saturated heterocycles. The fourth-order valence-corrected chi connectivity index (χ4v) is 1.30. The van der Waals surface area contributed by atoms with Crippen LogP contribution in [0.15, 0.2) is 12.1 Å².